The molecule has 1 aromatic rings. The second-order valence-electron chi connectivity index (χ2n) is 10.8. The predicted molar refractivity (Wildman–Crippen MR) is 150 cm³/mol. The normalized spacial score (nSPS) is 19.7. The molecule has 2 aliphatic rings. The van der Waals surface area contributed by atoms with Crippen molar-refractivity contribution in [2.24, 2.45) is 11.1 Å². The van der Waals surface area contributed by atoms with Gasteiger partial charge in [0.05, 0.1) is 0 Å². The SMILES string of the molecule is CCN1C(=O)[C@@H](CNc2cccc(C(=O)NCCCN3CCCC3)c2)S/C1=C(/N)C(=O)NCC(C)(C)C. The summed E-state index contributed by atoms with van der Waals surface area (Å²) in [4.78, 5) is 42.2. The molecule has 0 spiro atoms. The fourth-order valence-corrected chi connectivity index (χ4v) is 5.52. The van der Waals surface area contributed by atoms with E-state index in [0.717, 1.165) is 31.7 Å². The van der Waals surface area contributed by atoms with Gasteiger partial charge in [0.25, 0.3) is 11.8 Å². The van der Waals surface area contributed by atoms with Gasteiger partial charge in [0, 0.05) is 37.4 Å². The van der Waals surface area contributed by atoms with E-state index in [1.807, 2.05) is 39.8 Å². The molecular formula is C27H42N6O3S. The summed E-state index contributed by atoms with van der Waals surface area (Å²) in [7, 11) is 0. The molecule has 0 radical (unpaired) electrons. The van der Waals surface area contributed by atoms with E-state index in [4.69, 9.17) is 5.73 Å². The Kier molecular flexibility index (Phi) is 10.3. The lowest BCUT2D eigenvalue weighted by Gasteiger charge is -2.20. The van der Waals surface area contributed by atoms with Gasteiger partial charge in [0.1, 0.15) is 16.0 Å². The number of thioether (sulfide) groups is 1. The molecule has 0 unspecified atom stereocenters. The molecule has 2 heterocycles. The molecule has 2 fully saturated rings. The monoisotopic (exact) mass is 530 g/mol. The van der Waals surface area contributed by atoms with Crippen LogP contribution < -0.4 is 21.7 Å². The van der Waals surface area contributed by atoms with Crippen molar-refractivity contribution < 1.29 is 14.4 Å². The Hall–Kier alpha value is -2.72. The van der Waals surface area contributed by atoms with Crippen LogP contribution in [0.5, 0.6) is 0 Å². The molecule has 0 bridgehead atoms. The minimum atomic E-state index is -0.424. The van der Waals surface area contributed by atoms with Gasteiger partial charge in [-0.3, -0.25) is 14.4 Å². The maximum Gasteiger partial charge on any atom is 0.269 e. The highest BCUT2D eigenvalue weighted by atomic mass is 32.2. The molecule has 0 aliphatic carbocycles. The van der Waals surface area contributed by atoms with Crippen LogP contribution in [0.3, 0.4) is 0 Å². The van der Waals surface area contributed by atoms with Crippen LogP contribution in [-0.2, 0) is 9.59 Å². The van der Waals surface area contributed by atoms with E-state index in [2.05, 4.69) is 20.9 Å². The Morgan fingerprint density at radius 2 is 1.89 bits per heavy atom. The van der Waals surface area contributed by atoms with Crippen molar-refractivity contribution in [3.8, 4) is 0 Å². The first kappa shape index (κ1) is 28.8. The Balaban J connectivity index is 1.54. The molecule has 9 nitrogen and oxygen atoms in total. The number of rotatable bonds is 11. The standard InChI is InChI=1S/C27H42N6O3S/c1-5-33-25(36)21(37-26(33)22(28)24(35)31-18-27(2,3)4)17-30-20-11-8-10-19(16-20)23(34)29-12-9-15-32-13-6-7-14-32/h8,10-11,16,21,30H,5-7,9,12-15,17-18,28H2,1-4H3,(H,29,34)(H,31,35)/b26-22+/t21-/m1/s1. The minimum Gasteiger partial charge on any atom is -0.392 e. The molecule has 204 valence electrons. The van der Waals surface area contributed by atoms with Crippen molar-refractivity contribution in [2.45, 2.75) is 52.2 Å². The number of anilines is 1. The third-order valence-corrected chi connectivity index (χ3v) is 7.68. The molecule has 37 heavy (non-hydrogen) atoms. The van der Waals surface area contributed by atoms with Gasteiger partial charge in [0.2, 0.25) is 5.91 Å². The first-order valence-corrected chi connectivity index (χ1v) is 14.1. The number of carbonyl (C=O) groups is 3. The maximum atomic E-state index is 13.0. The lowest BCUT2D eigenvalue weighted by Crippen LogP contribution is -2.37. The molecular weight excluding hydrogens is 488 g/mol. The van der Waals surface area contributed by atoms with Gasteiger partial charge in [-0.05, 0) is 69.4 Å². The molecule has 0 aromatic heterocycles. The number of likely N-dealkylation sites (tertiary alicyclic amines) is 1. The first-order valence-electron chi connectivity index (χ1n) is 13.2. The third-order valence-electron chi connectivity index (χ3n) is 6.36. The van der Waals surface area contributed by atoms with Crippen molar-refractivity contribution in [1.29, 1.82) is 0 Å². The second-order valence-corrected chi connectivity index (χ2v) is 12.0. The summed E-state index contributed by atoms with van der Waals surface area (Å²) in [6.07, 6.45) is 3.47. The number of hydrogen-bond acceptors (Lipinski definition) is 7. The summed E-state index contributed by atoms with van der Waals surface area (Å²) in [5.41, 5.74) is 7.50. The molecule has 0 saturated carbocycles. The molecule has 3 rings (SSSR count). The zero-order valence-electron chi connectivity index (χ0n) is 22.6. The average molecular weight is 531 g/mol. The number of nitrogens with one attached hydrogen (secondary N) is 3. The number of nitrogens with two attached hydrogens (primary N) is 1. The summed E-state index contributed by atoms with van der Waals surface area (Å²) in [6.45, 7) is 13.2. The van der Waals surface area contributed by atoms with Crippen molar-refractivity contribution >= 4 is 35.2 Å². The first-order chi connectivity index (χ1) is 17.6. The van der Waals surface area contributed by atoms with Crippen LogP contribution in [0.1, 0.15) is 57.3 Å². The van der Waals surface area contributed by atoms with E-state index in [-0.39, 0.29) is 28.8 Å². The summed E-state index contributed by atoms with van der Waals surface area (Å²) in [5.74, 6) is -0.558. The molecule has 5 N–H and O–H groups in total. The number of amides is 3. The number of nitrogens with zero attached hydrogens (tertiary/aromatic N) is 2. The van der Waals surface area contributed by atoms with E-state index in [0.29, 0.717) is 36.8 Å². The summed E-state index contributed by atoms with van der Waals surface area (Å²) in [6, 6.07) is 7.28. The second kappa shape index (κ2) is 13.2. The summed E-state index contributed by atoms with van der Waals surface area (Å²) >= 11 is 1.30. The Labute approximate surface area is 225 Å². The van der Waals surface area contributed by atoms with Gasteiger partial charge < -0.3 is 31.5 Å². The highest BCUT2D eigenvalue weighted by Gasteiger charge is 2.38. The molecule has 3 amide bonds. The quantitative estimate of drug-likeness (QED) is 0.256. The van der Waals surface area contributed by atoms with Crippen LogP contribution in [0, 0.1) is 5.41 Å². The predicted octanol–water partition coefficient (Wildman–Crippen LogP) is 2.57. The zero-order valence-corrected chi connectivity index (χ0v) is 23.4. The summed E-state index contributed by atoms with van der Waals surface area (Å²) < 4.78 is 0. The van der Waals surface area contributed by atoms with Crippen molar-refractivity contribution in [2.75, 3.05) is 51.1 Å². The van der Waals surface area contributed by atoms with E-state index in [1.54, 1.807) is 17.0 Å². The Bertz CT molecular complexity index is 1000. The van der Waals surface area contributed by atoms with Crippen LogP contribution in [0.2, 0.25) is 0 Å². The average Bonchev–Trinajstić information content (AvgIpc) is 3.50. The number of carbonyl (C=O) groups excluding carboxylic acids is 3. The fourth-order valence-electron chi connectivity index (χ4n) is 4.29. The van der Waals surface area contributed by atoms with Crippen LogP contribution in [0.25, 0.3) is 0 Å². The lowest BCUT2D eigenvalue weighted by molar-refractivity contribution is -0.127. The molecule has 2 saturated heterocycles. The number of benzene rings is 1. The molecule has 10 heteroatoms. The van der Waals surface area contributed by atoms with Gasteiger partial charge in [-0.15, -0.1) is 0 Å². The van der Waals surface area contributed by atoms with Crippen LogP contribution in [0.15, 0.2) is 35.0 Å². The Morgan fingerprint density at radius 3 is 2.57 bits per heavy atom. The smallest absolute Gasteiger partial charge is 0.269 e. The zero-order chi connectivity index (χ0) is 27.0. The van der Waals surface area contributed by atoms with Gasteiger partial charge in [-0.2, -0.15) is 0 Å². The lowest BCUT2D eigenvalue weighted by atomic mass is 9.97. The van der Waals surface area contributed by atoms with Crippen molar-refractivity contribution in [3.05, 3.63) is 40.6 Å². The minimum absolute atomic E-state index is 0.0651. The third kappa shape index (κ3) is 8.39. The number of hydrogen-bond donors (Lipinski definition) is 4. The van der Waals surface area contributed by atoms with Crippen molar-refractivity contribution in [3.63, 3.8) is 0 Å². The fraction of sp³-hybridized carbons (Fsp3) is 0.593. The highest BCUT2D eigenvalue weighted by molar-refractivity contribution is 8.04. The van der Waals surface area contributed by atoms with Gasteiger partial charge in [0.15, 0.2) is 0 Å². The largest absolute Gasteiger partial charge is 0.392 e. The molecule has 1 atom stereocenters. The van der Waals surface area contributed by atoms with Crippen molar-refractivity contribution in [1.82, 2.24) is 20.4 Å². The highest BCUT2D eigenvalue weighted by Crippen LogP contribution is 2.36. The van der Waals surface area contributed by atoms with Crippen LogP contribution >= 0.6 is 11.8 Å². The Morgan fingerprint density at radius 1 is 1.16 bits per heavy atom. The van der Waals surface area contributed by atoms with Crippen LogP contribution in [0.4, 0.5) is 5.69 Å². The van der Waals surface area contributed by atoms with Gasteiger partial charge in [-0.25, -0.2) is 0 Å². The van der Waals surface area contributed by atoms with E-state index in [9.17, 15) is 14.4 Å². The van der Waals surface area contributed by atoms with Gasteiger partial charge in [-0.1, -0.05) is 38.6 Å². The van der Waals surface area contributed by atoms with E-state index in [1.165, 1.54) is 24.6 Å². The topological polar surface area (TPSA) is 120 Å². The molecule has 2 aliphatic heterocycles. The maximum absolute atomic E-state index is 13.0. The summed E-state index contributed by atoms with van der Waals surface area (Å²) in [5, 5.41) is 9.20. The molecule has 1 aromatic carbocycles. The van der Waals surface area contributed by atoms with Gasteiger partial charge >= 0.3 is 0 Å². The van der Waals surface area contributed by atoms with E-state index >= 15 is 0 Å². The van der Waals surface area contributed by atoms with E-state index < -0.39 is 5.25 Å². The van der Waals surface area contributed by atoms with Crippen LogP contribution in [-0.4, -0.2) is 78.6 Å².